The molecule has 0 atom stereocenters. The summed E-state index contributed by atoms with van der Waals surface area (Å²) in [4.78, 5) is 14.6. The third-order valence-electron chi connectivity index (χ3n) is 3.17. The van der Waals surface area contributed by atoms with Gasteiger partial charge in [-0.05, 0) is 12.1 Å². The number of nitrogens with zero attached hydrogens (tertiary/aromatic N) is 4. The first-order chi connectivity index (χ1) is 10.1. The Kier molecular flexibility index (Phi) is 3.27. The van der Waals surface area contributed by atoms with Crippen molar-refractivity contribution in [2.75, 3.05) is 11.9 Å². The number of nitrogens with one attached hydrogen (secondary N) is 1. The maximum atomic E-state index is 10.9. The molecule has 0 spiro atoms. The first-order valence-corrected chi connectivity index (χ1v) is 6.40. The van der Waals surface area contributed by atoms with Crippen molar-refractivity contribution < 1.29 is 9.34 Å². The van der Waals surface area contributed by atoms with E-state index >= 15 is 0 Å². The van der Waals surface area contributed by atoms with E-state index in [2.05, 4.69) is 15.4 Å². The van der Waals surface area contributed by atoms with Crippen LogP contribution in [-0.4, -0.2) is 26.2 Å². The number of fused-ring (bicyclic) bond motifs is 1. The molecule has 0 bridgehead atoms. The van der Waals surface area contributed by atoms with Crippen LogP contribution in [0, 0.1) is 10.1 Å². The van der Waals surface area contributed by atoms with Crippen molar-refractivity contribution in [1.29, 1.82) is 0 Å². The van der Waals surface area contributed by atoms with Crippen LogP contribution in [0.5, 0.6) is 0 Å². The fourth-order valence-electron chi connectivity index (χ4n) is 2.10. The predicted molar refractivity (Wildman–Crippen MR) is 76.1 cm³/mol. The normalized spacial score (nSPS) is 10.9. The zero-order valence-electron chi connectivity index (χ0n) is 11.3. The van der Waals surface area contributed by atoms with Crippen molar-refractivity contribution in [2.24, 2.45) is 7.05 Å². The highest BCUT2D eigenvalue weighted by Gasteiger charge is 2.17. The molecule has 108 valence electrons. The molecular formula is C13H13N5O3. The maximum Gasteiger partial charge on any atom is 0.298 e. The second-order valence-corrected chi connectivity index (χ2v) is 4.52. The molecule has 2 heterocycles. The van der Waals surface area contributed by atoms with Gasteiger partial charge >= 0.3 is 0 Å². The average molecular weight is 287 g/mol. The Hall–Kier alpha value is -2.90. The summed E-state index contributed by atoms with van der Waals surface area (Å²) in [5.41, 5.74) is 1.67. The summed E-state index contributed by atoms with van der Waals surface area (Å²) in [6.45, 7) is 0.597. The van der Waals surface area contributed by atoms with Gasteiger partial charge in [-0.2, -0.15) is 10.1 Å². The molecule has 0 aliphatic heterocycles. The molecule has 8 heteroatoms. The van der Waals surface area contributed by atoms with Gasteiger partial charge in [-0.15, -0.1) is 0 Å². The Morgan fingerprint density at radius 1 is 1.43 bits per heavy atom. The highest BCUT2D eigenvalue weighted by atomic mass is 16.6. The summed E-state index contributed by atoms with van der Waals surface area (Å²) >= 11 is 0. The minimum absolute atomic E-state index is 0.0593. The number of rotatable bonds is 5. The van der Waals surface area contributed by atoms with Crippen molar-refractivity contribution in [1.82, 2.24) is 14.8 Å². The minimum Gasteiger partial charge on any atom is -0.423 e. The van der Waals surface area contributed by atoms with E-state index in [0.717, 1.165) is 12.1 Å². The SMILES string of the molecule is Cn1nccc1CCNc1nc2c([N+](=O)[O-])cccc2o1. The number of para-hydroxylation sites is 1. The zero-order valence-corrected chi connectivity index (χ0v) is 11.3. The van der Waals surface area contributed by atoms with Crippen LogP contribution < -0.4 is 5.32 Å². The number of nitro groups is 1. The Balaban J connectivity index is 1.74. The molecule has 0 aliphatic carbocycles. The second-order valence-electron chi connectivity index (χ2n) is 4.52. The van der Waals surface area contributed by atoms with Crippen molar-refractivity contribution >= 4 is 22.8 Å². The molecule has 0 aliphatic rings. The molecule has 0 saturated carbocycles. The van der Waals surface area contributed by atoms with Gasteiger partial charge in [0, 0.05) is 38.0 Å². The van der Waals surface area contributed by atoms with Gasteiger partial charge < -0.3 is 9.73 Å². The smallest absolute Gasteiger partial charge is 0.298 e. The van der Waals surface area contributed by atoms with Gasteiger partial charge in [0.15, 0.2) is 11.1 Å². The molecule has 0 amide bonds. The number of benzene rings is 1. The van der Waals surface area contributed by atoms with Crippen molar-refractivity contribution in [3.8, 4) is 0 Å². The van der Waals surface area contributed by atoms with E-state index in [-0.39, 0.29) is 17.2 Å². The van der Waals surface area contributed by atoms with E-state index in [0.29, 0.717) is 12.1 Å². The third kappa shape index (κ3) is 2.55. The molecule has 2 aromatic heterocycles. The van der Waals surface area contributed by atoms with Gasteiger partial charge in [0.05, 0.1) is 4.92 Å². The molecule has 1 aromatic carbocycles. The molecular weight excluding hydrogens is 274 g/mol. The number of hydrogen-bond donors (Lipinski definition) is 1. The van der Waals surface area contributed by atoms with Gasteiger partial charge in [-0.1, -0.05) is 6.07 Å². The number of oxazole rings is 1. The Labute approximate surface area is 119 Å². The van der Waals surface area contributed by atoms with E-state index < -0.39 is 4.92 Å². The van der Waals surface area contributed by atoms with Gasteiger partial charge in [-0.3, -0.25) is 14.8 Å². The van der Waals surface area contributed by atoms with Crippen molar-refractivity contribution in [2.45, 2.75) is 6.42 Å². The predicted octanol–water partition coefficient (Wildman–Crippen LogP) is 2.12. The summed E-state index contributed by atoms with van der Waals surface area (Å²) < 4.78 is 7.25. The molecule has 0 saturated heterocycles. The summed E-state index contributed by atoms with van der Waals surface area (Å²) in [5.74, 6) is 0. The number of hydrogen-bond acceptors (Lipinski definition) is 6. The molecule has 8 nitrogen and oxygen atoms in total. The van der Waals surface area contributed by atoms with E-state index in [1.165, 1.54) is 6.07 Å². The van der Waals surface area contributed by atoms with Crippen LogP contribution in [0.3, 0.4) is 0 Å². The molecule has 3 rings (SSSR count). The summed E-state index contributed by atoms with van der Waals surface area (Å²) in [5, 5.41) is 18.0. The lowest BCUT2D eigenvalue weighted by Gasteiger charge is -2.02. The average Bonchev–Trinajstić information content (AvgIpc) is 3.04. The molecule has 3 aromatic rings. The summed E-state index contributed by atoms with van der Waals surface area (Å²) in [7, 11) is 1.87. The van der Waals surface area contributed by atoms with Crippen LogP contribution in [0.1, 0.15) is 5.69 Å². The van der Waals surface area contributed by atoms with Crippen LogP contribution in [0.15, 0.2) is 34.9 Å². The van der Waals surface area contributed by atoms with E-state index in [4.69, 9.17) is 4.42 Å². The highest BCUT2D eigenvalue weighted by molar-refractivity contribution is 5.83. The topological polar surface area (TPSA) is 99.0 Å². The van der Waals surface area contributed by atoms with Crippen LogP contribution in [0.2, 0.25) is 0 Å². The quantitative estimate of drug-likeness (QED) is 0.570. The lowest BCUT2D eigenvalue weighted by Crippen LogP contribution is -2.08. The first kappa shape index (κ1) is 13.1. The zero-order chi connectivity index (χ0) is 14.8. The minimum atomic E-state index is -0.468. The van der Waals surface area contributed by atoms with Gasteiger partial charge in [-0.25, -0.2) is 0 Å². The number of nitro benzene ring substituents is 1. The monoisotopic (exact) mass is 287 g/mol. The molecule has 0 fully saturated rings. The number of anilines is 1. The van der Waals surface area contributed by atoms with Gasteiger partial charge in [0.2, 0.25) is 0 Å². The Bertz CT molecular complexity index is 792. The molecule has 1 N–H and O–H groups in total. The maximum absolute atomic E-state index is 10.9. The van der Waals surface area contributed by atoms with Crippen molar-refractivity contribution in [3.63, 3.8) is 0 Å². The lowest BCUT2D eigenvalue weighted by atomic mass is 10.3. The fraction of sp³-hybridized carbons (Fsp3) is 0.231. The van der Waals surface area contributed by atoms with Crippen LogP contribution in [0.25, 0.3) is 11.1 Å². The van der Waals surface area contributed by atoms with E-state index in [1.54, 1.807) is 23.0 Å². The van der Waals surface area contributed by atoms with Crippen LogP contribution in [0.4, 0.5) is 11.7 Å². The van der Waals surface area contributed by atoms with Crippen LogP contribution in [-0.2, 0) is 13.5 Å². The third-order valence-corrected chi connectivity index (χ3v) is 3.17. The van der Waals surface area contributed by atoms with Crippen LogP contribution >= 0.6 is 0 Å². The standard InChI is InChI=1S/C13H13N5O3/c1-17-9(6-8-15-17)5-7-14-13-16-12-10(18(19)20)3-2-4-11(12)21-13/h2-4,6,8H,5,7H2,1H3,(H,14,16). The number of non-ortho nitro benzene ring substituents is 1. The van der Waals surface area contributed by atoms with Crippen molar-refractivity contribution in [3.05, 3.63) is 46.3 Å². The van der Waals surface area contributed by atoms with E-state index in [9.17, 15) is 10.1 Å². The molecule has 0 radical (unpaired) electrons. The Morgan fingerprint density at radius 3 is 3.00 bits per heavy atom. The summed E-state index contributed by atoms with van der Waals surface area (Å²) in [6, 6.07) is 6.84. The first-order valence-electron chi connectivity index (χ1n) is 6.40. The largest absolute Gasteiger partial charge is 0.423 e. The Morgan fingerprint density at radius 2 is 2.29 bits per heavy atom. The summed E-state index contributed by atoms with van der Waals surface area (Å²) in [6.07, 6.45) is 2.48. The fourth-order valence-corrected chi connectivity index (χ4v) is 2.10. The number of aryl methyl sites for hydroxylation is 1. The van der Waals surface area contributed by atoms with Gasteiger partial charge in [0.25, 0.3) is 11.7 Å². The van der Waals surface area contributed by atoms with E-state index in [1.807, 2.05) is 13.1 Å². The molecule has 21 heavy (non-hydrogen) atoms. The number of aromatic nitrogens is 3. The van der Waals surface area contributed by atoms with Gasteiger partial charge in [0.1, 0.15) is 0 Å². The lowest BCUT2D eigenvalue weighted by molar-refractivity contribution is -0.383. The second kappa shape index (κ2) is 5.23. The molecule has 0 unspecified atom stereocenters. The highest BCUT2D eigenvalue weighted by Crippen LogP contribution is 2.27.